The molecule has 2 N–H and O–H groups in total. The number of nitrogens with one attached hydrogen (secondary N) is 1. The number of rotatable bonds is 2. The van der Waals surface area contributed by atoms with Gasteiger partial charge in [0.2, 0.25) is 0 Å². The van der Waals surface area contributed by atoms with Crippen molar-refractivity contribution < 1.29 is 13.9 Å². The van der Waals surface area contributed by atoms with Gasteiger partial charge in [-0.2, -0.15) is 0 Å². The van der Waals surface area contributed by atoms with Crippen molar-refractivity contribution in [3.63, 3.8) is 0 Å². The molecule has 0 radical (unpaired) electrons. The highest BCUT2D eigenvalue weighted by Gasteiger charge is 1.90. The van der Waals surface area contributed by atoms with Crippen molar-refractivity contribution in [2.75, 3.05) is 4.72 Å². The summed E-state index contributed by atoms with van der Waals surface area (Å²) < 4.78 is 22.3. The van der Waals surface area contributed by atoms with Gasteiger partial charge in [0, 0.05) is 23.0 Å². The topological polar surface area (TPSA) is 72.4 Å². The lowest BCUT2D eigenvalue weighted by Crippen LogP contribution is -2.01. The largest absolute Gasteiger partial charge is 0.755 e. The molecule has 11 heavy (non-hydrogen) atoms. The van der Waals surface area contributed by atoms with Crippen molar-refractivity contribution >= 4 is 17.0 Å². The van der Waals surface area contributed by atoms with E-state index in [1.54, 1.807) is 6.07 Å². The molecule has 0 saturated carbocycles. The Balaban J connectivity index is 2.79. The van der Waals surface area contributed by atoms with Crippen LogP contribution in [0.25, 0.3) is 0 Å². The molecule has 0 heterocycles. The third kappa shape index (κ3) is 2.57. The molecule has 0 spiro atoms. The first-order valence-corrected chi connectivity index (χ1v) is 3.91. The smallest absolute Gasteiger partial charge is 0.117 e. The van der Waals surface area contributed by atoms with Crippen LogP contribution in [0.4, 0.5) is 5.69 Å². The first-order valence-electron chi connectivity index (χ1n) is 2.83. The number of hydrogen-bond acceptors (Lipinski definition) is 3. The van der Waals surface area contributed by atoms with Gasteiger partial charge in [-0.3, -0.25) is 4.21 Å². The molecule has 1 rings (SSSR count). The predicted octanol–water partition coefficient (Wildman–Crippen LogP) is 0.598. The molecular weight excluding hydrogens is 166 g/mol. The summed E-state index contributed by atoms with van der Waals surface area (Å²) in [7, 11) is 0. The molecule has 1 aromatic carbocycles. The zero-order valence-electron chi connectivity index (χ0n) is 5.48. The van der Waals surface area contributed by atoms with Crippen molar-refractivity contribution in [2.24, 2.45) is 0 Å². The molecule has 0 aromatic heterocycles. The maximum absolute atomic E-state index is 10.1. The SMILES string of the molecule is O=S([O-])Nc1cccc(O)c1. The number of anilines is 1. The summed E-state index contributed by atoms with van der Waals surface area (Å²) in [6.45, 7) is 0. The quantitative estimate of drug-likeness (QED) is 0.641. The summed E-state index contributed by atoms with van der Waals surface area (Å²) in [4.78, 5) is 0. The van der Waals surface area contributed by atoms with Crippen molar-refractivity contribution in [3.8, 4) is 5.75 Å². The van der Waals surface area contributed by atoms with Crippen molar-refractivity contribution in [2.45, 2.75) is 0 Å². The standard InChI is InChI=1S/C6H7NO3S/c8-6-3-1-2-5(4-6)7-11(9)10/h1-4,7-8H,(H,9,10)/p-1. The minimum Gasteiger partial charge on any atom is -0.755 e. The van der Waals surface area contributed by atoms with E-state index in [0.29, 0.717) is 5.69 Å². The molecule has 0 aliphatic rings. The number of hydrogen-bond donors (Lipinski definition) is 2. The van der Waals surface area contributed by atoms with Gasteiger partial charge >= 0.3 is 0 Å². The highest BCUT2D eigenvalue weighted by Crippen LogP contribution is 2.15. The molecule has 0 fully saturated rings. The Hall–Kier alpha value is -1.07. The predicted molar refractivity (Wildman–Crippen MR) is 40.6 cm³/mol. The molecule has 0 aliphatic heterocycles. The van der Waals surface area contributed by atoms with Gasteiger partial charge in [-0.05, 0) is 12.1 Å². The van der Waals surface area contributed by atoms with Crippen LogP contribution in [-0.4, -0.2) is 13.9 Å². The van der Waals surface area contributed by atoms with Crippen LogP contribution in [0, 0.1) is 0 Å². The second kappa shape index (κ2) is 3.36. The molecule has 0 amide bonds. The minimum absolute atomic E-state index is 0.0282. The van der Waals surface area contributed by atoms with Crippen LogP contribution in [0.1, 0.15) is 0 Å². The van der Waals surface area contributed by atoms with Gasteiger partial charge in [0.15, 0.2) is 0 Å². The van der Waals surface area contributed by atoms with Gasteiger partial charge < -0.3 is 14.4 Å². The number of aromatic hydroxyl groups is 1. The van der Waals surface area contributed by atoms with Crippen LogP contribution < -0.4 is 4.72 Å². The second-order valence-electron chi connectivity index (χ2n) is 1.89. The number of phenolic OH excluding ortho intramolecular Hbond substituents is 1. The Morgan fingerprint density at radius 1 is 1.55 bits per heavy atom. The fraction of sp³-hybridized carbons (Fsp3) is 0. The average molecular weight is 172 g/mol. The zero-order valence-corrected chi connectivity index (χ0v) is 6.30. The molecule has 60 valence electrons. The van der Waals surface area contributed by atoms with E-state index < -0.39 is 11.3 Å². The average Bonchev–Trinajstić information content (AvgIpc) is 1.85. The highest BCUT2D eigenvalue weighted by molar-refractivity contribution is 7.80. The zero-order chi connectivity index (χ0) is 8.27. The van der Waals surface area contributed by atoms with E-state index in [1.807, 2.05) is 0 Å². The van der Waals surface area contributed by atoms with E-state index in [4.69, 9.17) is 5.11 Å². The Bertz CT molecular complexity index is 276. The molecule has 1 aromatic rings. The van der Waals surface area contributed by atoms with Crippen LogP contribution in [0.15, 0.2) is 24.3 Å². The van der Waals surface area contributed by atoms with Gasteiger partial charge in [0.05, 0.1) is 0 Å². The van der Waals surface area contributed by atoms with Gasteiger partial charge in [-0.15, -0.1) is 0 Å². The van der Waals surface area contributed by atoms with Gasteiger partial charge in [-0.1, -0.05) is 6.07 Å². The lowest BCUT2D eigenvalue weighted by Gasteiger charge is -2.07. The third-order valence-corrected chi connectivity index (χ3v) is 1.45. The Morgan fingerprint density at radius 2 is 2.27 bits per heavy atom. The summed E-state index contributed by atoms with van der Waals surface area (Å²) in [5, 5.41) is 8.88. The Labute approximate surface area is 66.3 Å². The van der Waals surface area contributed by atoms with Gasteiger partial charge in [0.1, 0.15) is 5.75 Å². The summed E-state index contributed by atoms with van der Waals surface area (Å²) in [6.07, 6.45) is 0. The lowest BCUT2D eigenvalue weighted by atomic mass is 10.3. The molecule has 1 atom stereocenters. The number of benzene rings is 1. The second-order valence-corrected chi connectivity index (χ2v) is 2.56. The van der Waals surface area contributed by atoms with Crippen LogP contribution in [0.2, 0.25) is 0 Å². The summed E-state index contributed by atoms with van der Waals surface area (Å²) in [5.41, 5.74) is 0.346. The maximum Gasteiger partial charge on any atom is 0.117 e. The van der Waals surface area contributed by atoms with Crippen LogP contribution >= 0.6 is 0 Å². The molecule has 4 nitrogen and oxygen atoms in total. The third-order valence-electron chi connectivity index (χ3n) is 1.05. The van der Waals surface area contributed by atoms with E-state index in [-0.39, 0.29) is 5.75 Å². The maximum atomic E-state index is 10.1. The molecule has 5 heteroatoms. The van der Waals surface area contributed by atoms with Crippen molar-refractivity contribution in [1.82, 2.24) is 0 Å². The van der Waals surface area contributed by atoms with E-state index in [1.165, 1.54) is 18.2 Å². The molecule has 0 aliphatic carbocycles. The van der Waals surface area contributed by atoms with Crippen molar-refractivity contribution in [1.29, 1.82) is 0 Å². The van der Waals surface area contributed by atoms with Crippen LogP contribution in [0.3, 0.4) is 0 Å². The fourth-order valence-corrected chi connectivity index (χ4v) is 0.985. The van der Waals surface area contributed by atoms with Gasteiger partial charge in [0.25, 0.3) is 0 Å². The van der Waals surface area contributed by atoms with Crippen LogP contribution in [0.5, 0.6) is 5.75 Å². The minimum atomic E-state index is -2.34. The summed E-state index contributed by atoms with van der Waals surface area (Å²) in [5.74, 6) is 0.0282. The molecular formula is C6H6NO3S-. The van der Waals surface area contributed by atoms with Gasteiger partial charge in [-0.25, -0.2) is 0 Å². The Morgan fingerprint density at radius 3 is 2.82 bits per heavy atom. The van der Waals surface area contributed by atoms with E-state index in [9.17, 15) is 8.76 Å². The first-order chi connectivity index (χ1) is 5.18. The normalized spacial score (nSPS) is 12.5. The van der Waals surface area contributed by atoms with Crippen molar-refractivity contribution in [3.05, 3.63) is 24.3 Å². The monoisotopic (exact) mass is 172 g/mol. The van der Waals surface area contributed by atoms with E-state index >= 15 is 0 Å². The summed E-state index contributed by atoms with van der Waals surface area (Å²) in [6, 6.07) is 5.86. The molecule has 1 unspecified atom stereocenters. The van der Waals surface area contributed by atoms with Crippen LogP contribution in [-0.2, 0) is 11.3 Å². The van der Waals surface area contributed by atoms with E-state index in [0.717, 1.165) is 0 Å². The van der Waals surface area contributed by atoms with E-state index in [2.05, 4.69) is 4.72 Å². The fourth-order valence-electron chi connectivity index (χ4n) is 0.666. The lowest BCUT2D eigenvalue weighted by molar-refractivity contribution is 0.475. The highest BCUT2D eigenvalue weighted by atomic mass is 32.2. The Kier molecular flexibility index (Phi) is 2.45. The summed E-state index contributed by atoms with van der Waals surface area (Å²) >= 11 is -2.34. The number of phenols is 1. The molecule has 0 bridgehead atoms. The first kappa shape index (κ1) is 8.03. The molecule has 0 saturated heterocycles.